The van der Waals surface area contributed by atoms with Gasteiger partial charge in [-0.2, -0.15) is 0 Å². The second-order valence-electron chi connectivity index (χ2n) is 8.27. The maximum atomic E-state index is 13.1. The molecule has 31 heavy (non-hydrogen) atoms. The number of pyridine rings is 1. The van der Waals surface area contributed by atoms with Crippen molar-refractivity contribution in [3.05, 3.63) is 76.4 Å². The van der Waals surface area contributed by atoms with Gasteiger partial charge in [0, 0.05) is 54.8 Å². The third-order valence-corrected chi connectivity index (χ3v) is 6.80. The van der Waals surface area contributed by atoms with Crippen molar-refractivity contribution in [2.45, 2.75) is 25.0 Å². The summed E-state index contributed by atoms with van der Waals surface area (Å²) >= 11 is 3.47. The Bertz CT molecular complexity index is 1060. The molecule has 0 bridgehead atoms. The lowest BCUT2D eigenvalue weighted by Gasteiger charge is -2.36. The van der Waals surface area contributed by atoms with Crippen LogP contribution in [-0.4, -0.2) is 52.9 Å². The van der Waals surface area contributed by atoms with E-state index in [0.29, 0.717) is 0 Å². The normalized spacial score (nSPS) is 22.2. The molecule has 2 N–H and O–H groups in total. The molecule has 5 rings (SSSR count). The van der Waals surface area contributed by atoms with Gasteiger partial charge >= 0.3 is 0 Å². The Hall–Kier alpha value is -2.32. The van der Waals surface area contributed by atoms with E-state index in [1.54, 1.807) is 0 Å². The first-order valence-electron chi connectivity index (χ1n) is 10.8. The molecule has 6 nitrogen and oxygen atoms in total. The molecule has 1 amide bonds. The summed E-state index contributed by atoms with van der Waals surface area (Å²) in [5, 5.41) is 1.17. The van der Waals surface area contributed by atoms with E-state index in [4.69, 9.17) is 0 Å². The van der Waals surface area contributed by atoms with Gasteiger partial charge in [-0.25, -0.2) is 10.9 Å². The molecule has 1 aromatic heterocycles. The third-order valence-electron chi connectivity index (χ3n) is 6.27. The largest absolute Gasteiger partial charge is 0.339 e. The molecule has 2 fully saturated rings. The van der Waals surface area contributed by atoms with Crippen molar-refractivity contribution in [2.24, 2.45) is 0 Å². The second-order valence-corrected chi connectivity index (χ2v) is 9.19. The van der Waals surface area contributed by atoms with Crippen LogP contribution < -0.4 is 10.9 Å². The summed E-state index contributed by atoms with van der Waals surface area (Å²) in [6.07, 6.45) is 2.62. The molecule has 160 valence electrons. The SMILES string of the molecule is O=C(C1CC(c2ccc(Br)cc2)NN1)N1CCN(Cc2cccc3cccnc23)CC1. The average Bonchev–Trinajstić information content (AvgIpc) is 3.30. The number of benzene rings is 2. The molecule has 2 unspecified atom stereocenters. The highest BCUT2D eigenvalue weighted by molar-refractivity contribution is 9.10. The Morgan fingerprint density at radius 3 is 2.58 bits per heavy atom. The van der Waals surface area contributed by atoms with Crippen molar-refractivity contribution < 1.29 is 4.79 Å². The molecule has 7 heteroatoms. The van der Waals surface area contributed by atoms with Crippen LogP contribution in [0.5, 0.6) is 0 Å². The maximum Gasteiger partial charge on any atom is 0.241 e. The van der Waals surface area contributed by atoms with Gasteiger partial charge in [0.05, 0.1) is 5.52 Å². The number of carbonyl (C=O) groups excluding carboxylic acids is 1. The van der Waals surface area contributed by atoms with Crippen LogP contribution in [0, 0.1) is 0 Å². The van der Waals surface area contributed by atoms with Crippen LogP contribution in [0.3, 0.4) is 0 Å². The van der Waals surface area contributed by atoms with Crippen molar-refractivity contribution in [3.8, 4) is 0 Å². The highest BCUT2D eigenvalue weighted by atomic mass is 79.9. The van der Waals surface area contributed by atoms with E-state index in [2.05, 4.69) is 73.1 Å². The van der Waals surface area contributed by atoms with Crippen LogP contribution in [-0.2, 0) is 11.3 Å². The van der Waals surface area contributed by atoms with Crippen LogP contribution in [0.1, 0.15) is 23.6 Å². The summed E-state index contributed by atoms with van der Waals surface area (Å²) in [5.41, 5.74) is 10.0. The van der Waals surface area contributed by atoms with Crippen LogP contribution >= 0.6 is 15.9 Å². The number of hydrogen-bond acceptors (Lipinski definition) is 5. The van der Waals surface area contributed by atoms with E-state index in [1.807, 2.05) is 29.3 Å². The van der Waals surface area contributed by atoms with Crippen LogP contribution in [0.25, 0.3) is 10.9 Å². The van der Waals surface area contributed by atoms with Gasteiger partial charge < -0.3 is 4.90 Å². The number of piperazine rings is 1. The van der Waals surface area contributed by atoms with Crippen molar-refractivity contribution in [2.75, 3.05) is 26.2 Å². The number of nitrogens with zero attached hydrogens (tertiary/aromatic N) is 3. The lowest BCUT2D eigenvalue weighted by molar-refractivity contribution is -0.135. The number of amides is 1. The molecule has 2 aliphatic heterocycles. The smallest absolute Gasteiger partial charge is 0.241 e. The standard InChI is InChI=1S/C24H26BrN5O/c25-20-8-6-17(7-9-20)21-15-22(28-27-21)24(31)30-13-11-29(12-14-30)16-19-4-1-3-18-5-2-10-26-23(18)19/h1-10,21-22,27-28H,11-16H2. The van der Waals surface area contributed by atoms with Crippen molar-refractivity contribution >= 4 is 32.7 Å². The fraction of sp³-hybridized carbons (Fsp3) is 0.333. The molecule has 0 aliphatic carbocycles. The van der Waals surface area contributed by atoms with Crippen molar-refractivity contribution in [1.82, 2.24) is 25.6 Å². The highest BCUT2D eigenvalue weighted by Gasteiger charge is 2.34. The second kappa shape index (κ2) is 9.04. The Labute approximate surface area is 190 Å². The summed E-state index contributed by atoms with van der Waals surface area (Å²) < 4.78 is 1.06. The summed E-state index contributed by atoms with van der Waals surface area (Å²) in [4.78, 5) is 22.0. The molecular formula is C24H26BrN5O. The molecule has 3 aromatic rings. The van der Waals surface area contributed by atoms with E-state index in [1.165, 1.54) is 16.5 Å². The van der Waals surface area contributed by atoms with E-state index in [9.17, 15) is 4.79 Å². The van der Waals surface area contributed by atoms with Gasteiger partial charge in [0.25, 0.3) is 0 Å². The minimum atomic E-state index is -0.178. The zero-order valence-electron chi connectivity index (χ0n) is 17.3. The molecule has 0 spiro atoms. The van der Waals surface area contributed by atoms with Crippen molar-refractivity contribution in [3.63, 3.8) is 0 Å². The predicted molar refractivity (Wildman–Crippen MR) is 125 cm³/mol. The first-order chi connectivity index (χ1) is 15.2. The number of hydrazine groups is 1. The summed E-state index contributed by atoms with van der Waals surface area (Å²) in [5.74, 6) is 0.193. The third kappa shape index (κ3) is 4.50. The van der Waals surface area contributed by atoms with Gasteiger partial charge in [-0.15, -0.1) is 0 Å². The van der Waals surface area contributed by atoms with Gasteiger partial charge in [-0.05, 0) is 35.7 Å². The molecule has 2 saturated heterocycles. The van der Waals surface area contributed by atoms with Gasteiger partial charge in [0.1, 0.15) is 6.04 Å². The average molecular weight is 480 g/mol. The number of rotatable bonds is 4. The van der Waals surface area contributed by atoms with Gasteiger partial charge in [0.15, 0.2) is 0 Å². The monoisotopic (exact) mass is 479 g/mol. The zero-order valence-corrected chi connectivity index (χ0v) is 18.9. The minimum absolute atomic E-state index is 0.155. The zero-order chi connectivity index (χ0) is 21.2. The number of halogens is 1. The van der Waals surface area contributed by atoms with Gasteiger partial charge in [0.2, 0.25) is 5.91 Å². The molecule has 3 heterocycles. The topological polar surface area (TPSA) is 60.5 Å². The first-order valence-corrected chi connectivity index (χ1v) is 11.6. The minimum Gasteiger partial charge on any atom is -0.339 e. The molecular weight excluding hydrogens is 454 g/mol. The molecule has 0 radical (unpaired) electrons. The van der Waals surface area contributed by atoms with Crippen LogP contribution in [0.2, 0.25) is 0 Å². The number of aromatic nitrogens is 1. The molecule has 2 aromatic carbocycles. The lowest BCUT2D eigenvalue weighted by Crippen LogP contribution is -2.53. The maximum absolute atomic E-state index is 13.1. The van der Waals surface area contributed by atoms with E-state index in [-0.39, 0.29) is 18.0 Å². The van der Waals surface area contributed by atoms with Gasteiger partial charge in [-0.3, -0.25) is 14.7 Å². The number of hydrogen-bond donors (Lipinski definition) is 2. The van der Waals surface area contributed by atoms with E-state index < -0.39 is 0 Å². The fourth-order valence-corrected chi connectivity index (χ4v) is 4.78. The predicted octanol–water partition coefficient (Wildman–Crippen LogP) is 3.25. The number of para-hydroxylation sites is 1. The fourth-order valence-electron chi connectivity index (χ4n) is 4.51. The van der Waals surface area contributed by atoms with E-state index >= 15 is 0 Å². The van der Waals surface area contributed by atoms with Crippen LogP contribution in [0.4, 0.5) is 0 Å². The molecule has 2 atom stereocenters. The number of carbonyl (C=O) groups is 1. The highest BCUT2D eigenvalue weighted by Crippen LogP contribution is 2.25. The molecule has 2 aliphatic rings. The van der Waals surface area contributed by atoms with Gasteiger partial charge in [-0.1, -0.05) is 52.3 Å². The van der Waals surface area contributed by atoms with Crippen molar-refractivity contribution in [1.29, 1.82) is 0 Å². The van der Waals surface area contributed by atoms with Crippen LogP contribution in [0.15, 0.2) is 65.3 Å². The Kier molecular flexibility index (Phi) is 6.00. The first kappa shape index (κ1) is 20.6. The number of nitrogens with one attached hydrogen (secondary N) is 2. The Balaban J connectivity index is 1.16. The lowest BCUT2D eigenvalue weighted by atomic mass is 10.0. The Morgan fingerprint density at radius 1 is 1.00 bits per heavy atom. The summed E-state index contributed by atoms with van der Waals surface area (Å²) in [7, 11) is 0. The van der Waals surface area contributed by atoms with E-state index in [0.717, 1.165) is 49.1 Å². The quantitative estimate of drug-likeness (QED) is 0.601. The summed E-state index contributed by atoms with van der Waals surface area (Å²) in [6.45, 7) is 4.15. The summed E-state index contributed by atoms with van der Waals surface area (Å²) in [6, 6.07) is 18.7. The number of fused-ring (bicyclic) bond motifs is 1. The Morgan fingerprint density at radius 2 is 1.77 bits per heavy atom. The molecule has 0 saturated carbocycles.